The number of rotatable bonds is 6. The van der Waals surface area contributed by atoms with Crippen molar-refractivity contribution in [2.45, 2.75) is 12.5 Å². The van der Waals surface area contributed by atoms with E-state index in [1.165, 1.54) is 7.11 Å². The molecule has 0 bridgehead atoms. The number of carbonyl (C=O) groups is 2. The van der Waals surface area contributed by atoms with Crippen LogP contribution in [-0.4, -0.2) is 72.8 Å². The number of hydrogen-bond acceptors (Lipinski definition) is 9. The summed E-state index contributed by atoms with van der Waals surface area (Å²) in [6.07, 6.45) is 3.47. The van der Waals surface area contributed by atoms with Crippen LogP contribution in [0.25, 0.3) is 28.6 Å². The maximum Gasteiger partial charge on any atom is 0.272 e. The highest BCUT2D eigenvalue weighted by Gasteiger charge is 2.45. The van der Waals surface area contributed by atoms with Crippen molar-refractivity contribution in [1.29, 1.82) is 5.26 Å². The third-order valence-electron chi connectivity index (χ3n) is 8.34. The third-order valence-corrected chi connectivity index (χ3v) is 10.1. The van der Waals surface area contributed by atoms with Crippen LogP contribution in [0, 0.1) is 11.3 Å². The van der Waals surface area contributed by atoms with Crippen LogP contribution in [0.1, 0.15) is 17.5 Å². The van der Waals surface area contributed by atoms with E-state index in [-0.39, 0.29) is 34.6 Å². The molecule has 0 saturated carbocycles. The van der Waals surface area contributed by atoms with Crippen LogP contribution in [0.15, 0.2) is 90.1 Å². The lowest BCUT2D eigenvalue weighted by Gasteiger charge is -2.32. The second-order valence-electron chi connectivity index (χ2n) is 11.3. The van der Waals surface area contributed by atoms with Crippen molar-refractivity contribution < 1.29 is 32.2 Å². The van der Waals surface area contributed by atoms with Gasteiger partial charge in [-0.25, -0.2) is 13.1 Å². The molecule has 236 valence electrons. The number of sulfone groups is 1. The third kappa shape index (κ3) is 5.55. The van der Waals surface area contributed by atoms with Crippen molar-refractivity contribution in [2.75, 3.05) is 31.8 Å². The van der Waals surface area contributed by atoms with E-state index in [9.17, 15) is 23.3 Å². The van der Waals surface area contributed by atoms with Crippen LogP contribution in [0.4, 0.5) is 0 Å². The fraction of sp³-hybridized carbons (Fsp3) is 0.200. The largest absolute Gasteiger partial charge is 0.497 e. The summed E-state index contributed by atoms with van der Waals surface area (Å²) in [5, 5.41) is 15.2. The van der Waals surface area contributed by atoms with Crippen molar-refractivity contribution >= 4 is 33.3 Å². The molecule has 12 heteroatoms. The Morgan fingerprint density at radius 2 is 1.68 bits per heavy atom. The minimum Gasteiger partial charge on any atom is -0.497 e. The first-order valence-electron chi connectivity index (χ1n) is 14.9. The molecule has 4 heterocycles. The molecule has 47 heavy (non-hydrogen) atoms. The summed E-state index contributed by atoms with van der Waals surface area (Å²) in [6, 6.07) is 22.7. The first-order chi connectivity index (χ1) is 22.8. The standard InChI is InChI=1S/C35H28N4O7S/c1-44-27-10-7-22(8-11-27)32-28(34(40)39(35(41)29(32)19-36)26-13-16-47(42,43)21-26)17-24-20-38(25-5-3-2-4-6-25)37-33(24)23-9-12-30-31(18-23)46-15-14-45-30/h2-12,17-18,20,26H,13-16,21H2,1H3/b28-17-. The molecule has 1 fully saturated rings. The van der Waals surface area contributed by atoms with Crippen LogP contribution >= 0.6 is 0 Å². The summed E-state index contributed by atoms with van der Waals surface area (Å²) in [7, 11) is -1.94. The van der Waals surface area contributed by atoms with Crippen LogP contribution in [0.2, 0.25) is 0 Å². The van der Waals surface area contributed by atoms with Crippen molar-refractivity contribution in [3.05, 3.63) is 101 Å². The van der Waals surface area contributed by atoms with Gasteiger partial charge in [-0.05, 0) is 60.5 Å². The maximum atomic E-state index is 14.4. The number of fused-ring (bicyclic) bond motifs is 1. The van der Waals surface area contributed by atoms with Gasteiger partial charge in [-0.15, -0.1) is 0 Å². The molecule has 1 saturated heterocycles. The lowest BCUT2D eigenvalue weighted by molar-refractivity contribution is -0.142. The van der Waals surface area contributed by atoms with Crippen LogP contribution < -0.4 is 14.2 Å². The summed E-state index contributed by atoms with van der Waals surface area (Å²) < 4.78 is 43.4. The SMILES string of the molecule is COc1ccc(C2=C(C#N)C(=O)N(C3CCS(=O)(=O)C3)C(=O)/C2=C\c2cn(-c3ccccc3)nc2-c2ccc3c(c2)OCCO3)cc1. The molecule has 0 spiro atoms. The van der Waals surface area contributed by atoms with Gasteiger partial charge in [-0.2, -0.15) is 10.4 Å². The van der Waals surface area contributed by atoms with Gasteiger partial charge in [0.2, 0.25) is 0 Å². The molecule has 3 aromatic carbocycles. The van der Waals surface area contributed by atoms with E-state index in [2.05, 4.69) is 0 Å². The predicted octanol–water partition coefficient (Wildman–Crippen LogP) is 4.24. The fourth-order valence-corrected chi connectivity index (χ4v) is 7.77. The zero-order valence-electron chi connectivity index (χ0n) is 25.3. The Kier molecular flexibility index (Phi) is 7.61. The van der Waals surface area contributed by atoms with Crippen molar-refractivity contribution in [2.24, 2.45) is 0 Å². The maximum absolute atomic E-state index is 14.4. The Morgan fingerprint density at radius 1 is 0.957 bits per heavy atom. The Morgan fingerprint density at radius 3 is 2.36 bits per heavy atom. The number of carbonyl (C=O) groups excluding carboxylic acids is 2. The molecule has 4 aromatic rings. The van der Waals surface area contributed by atoms with Crippen LogP contribution in [0.5, 0.6) is 17.2 Å². The number of methoxy groups -OCH3 is 1. The molecule has 3 aliphatic rings. The topological polar surface area (TPSA) is 141 Å². The fourth-order valence-electron chi connectivity index (χ4n) is 6.07. The number of imide groups is 1. The van der Waals surface area contributed by atoms with Crippen molar-refractivity contribution in [1.82, 2.24) is 14.7 Å². The lowest BCUT2D eigenvalue weighted by Crippen LogP contribution is -2.49. The second kappa shape index (κ2) is 11.9. The first kappa shape index (κ1) is 30.0. The van der Waals surface area contributed by atoms with E-state index in [0.29, 0.717) is 52.8 Å². The van der Waals surface area contributed by atoms with Gasteiger partial charge >= 0.3 is 0 Å². The molecule has 1 unspecified atom stereocenters. The van der Waals surface area contributed by atoms with Gasteiger partial charge in [0.15, 0.2) is 21.3 Å². The van der Waals surface area contributed by atoms with E-state index in [4.69, 9.17) is 19.3 Å². The second-order valence-corrected chi connectivity index (χ2v) is 13.5. The number of nitrogens with zero attached hydrogens (tertiary/aromatic N) is 4. The Labute approximate surface area is 270 Å². The van der Waals surface area contributed by atoms with Gasteiger partial charge in [0.25, 0.3) is 11.8 Å². The predicted molar refractivity (Wildman–Crippen MR) is 172 cm³/mol. The molecule has 0 radical (unpaired) electrons. The lowest BCUT2D eigenvalue weighted by atomic mass is 9.86. The highest BCUT2D eigenvalue weighted by molar-refractivity contribution is 7.91. The number of amides is 2. The monoisotopic (exact) mass is 648 g/mol. The Balaban J connectivity index is 1.45. The van der Waals surface area contributed by atoms with Gasteiger partial charge in [0, 0.05) is 22.9 Å². The van der Waals surface area contributed by atoms with E-state index in [0.717, 1.165) is 10.6 Å². The van der Waals surface area contributed by atoms with E-state index in [1.54, 1.807) is 47.3 Å². The highest BCUT2D eigenvalue weighted by Crippen LogP contribution is 2.40. The van der Waals surface area contributed by atoms with Crippen LogP contribution in [0.3, 0.4) is 0 Å². The molecular formula is C35H28N4O7S. The van der Waals surface area contributed by atoms with Crippen LogP contribution in [-0.2, 0) is 19.4 Å². The van der Waals surface area contributed by atoms with Crippen molar-refractivity contribution in [3.63, 3.8) is 0 Å². The summed E-state index contributed by atoms with van der Waals surface area (Å²) in [5.74, 6) is -0.313. The quantitative estimate of drug-likeness (QED) is 0.222. The Bertz CT molecular complexity index is 2130. The molecule has 1 atom stereocenters. The summed E-state index contributed by atoms with van der Waals surface area (Å²) >= 11 is 0. The van der Waals surface area contributed by atoms with Gasteiger partial charge < -0.3 is 14.2 Å². The van der Waals surface area contributed by atoms with Gasteiger partial charge in [0.05, 0.1) is 35.9 Å². The van der Waals surface area contributed by atoms with Crippen molar-refractivity contribution in [3.8, 4) is 40.3 Å². The van der Waals surface area contributed by atoms with Gasteiger partial charge in [0.1, 0.15) is 36.3 Å². The molecule has 0 aliphatic carbocycles. The summed E-state index contributed by atoms with van der Waals surface area (Å²) in [6.45, 7) is 0.835. The minimum atomic E-state index is -3.46. The average Bonchev–Trinajstić information content (AvgIpc) is 3.68. The van der Waals surface area contributed by atoms with E-state index in [1.807, 2.05) is 48.5 Å². The van der Waals surface area contributed by atoms with E-state index < -0.39 is 27.7 Å². The number of ether oxygens (including phenoxy) is 3. The van der Waals surface area contributed by atoms with E-state index >= 15 is 0 Å². The molecule has 2 amide bonds. The average molecular weight is 649 g/mol. The zero-order valence-corrected chi connectivity index (χ0v) is 26.1. The number of nitriles is 1. The number of para-hydroxylation sites is 1. The molecule has 3 aliphatic heterocycles. The normalized spacial score (nSPS) is 19.6. The first-order valence-corrected chi connectivity index (χ1v) is 16.7. The van der Waals surface area contributed by atoms with Gasteiger partial charge in [-0.3, -0.25) is 14.5 Å². The highest BCUT2D eigenvalue weighted by atomic mass is 32.2. The Hall–Kier alpha value is -5.67. The van der Waals surface area contributed by atoms with Gasteiger partial charge in [-0.1, -0.05) is 30.3 Å². The number of aromatic nitrogens is 2. The molecule has 11 nitrogen and oxygen atoms in total. The molecule has 1 aromatic heterocycles. The molecule has 7 rings (SSSR count). The number of hydrogen-bond donors (Lipinski definition) is 0. The molecular weight excluding hydrogens is 620 g/mol. The summed E-state index contributed by atoms with van der Waals surface area (Å²) in [4.78, 5) is 29.2. The molecule has 0 N–H and O–H groups in total. The summed E-state index contributed by atoms with van der Waals surface area (Å²) in [5.41, 5.74) is 2.86. The zero-order chi connectivity index (χ0) is 32.7. The smallest absolute Gasteiger partial charge is 0.272 e. The number of benzene rings is 3. The minimum absolute atomic E-state index is 0.0574.